The van der Waals surface area contributed by atoms with Crippen molar-refractivity contribution in [3.63, 3.8) is 0 Å². The number of allylic oxidation sites excluding steroid dienone is 4. The van der Waals surface area contributed by atoms with Crippen LogP contribution in [0.15, 0.2) is 23.8 Å². The Labute approximate surface area is 228 Å². The first-order valence-electron chi connectivity index (χ1n) is 13.5. The highest BCUT2D eigenvalue weighted by Gasteiger charge is 2.77. The average molecular weight is 551 g/mol. The second kappa shape index (κ2) is 10.2. The van der Waals surface area contributed by atoms with Crippen molar-refractivity contribution in [2.45, 2.75) is 83.6 Å². The van der Waals surface area contributed by atoms with Crippen LogP contribution in [-0.4, -0.2) is 64.6 Å². The first kappa shape index (κ1) is 29.0. The summed E-state index contributed by atoms with van der Waals surface area (Å²) in [5, 5.41) is 11.6. The number of Topliss-reactive ketones (excluding diaryl/α,β-unsaturated/α-hetero) is 1. The Morgan fingerprint density at radius 1 is 1.18 bits per heavy atom. The third kappa shape index (κ3) is 4.02. The Bertz CT molecular complexity index is 1090. The summed E-state index contributed by atoms with van der Waals surface area (Å²) in [7, 11) is 1.28. The molecule has 4 aliphatic rings. The van der Waals surface area contributed by atoms with Crippen LogP contribution in [0.5, 0.6) is 0 Å². The fraction of sp³-hybridized carbons (Fsp3) is 0.724. The van der Waals surface area contributed by atoms with Gasteiger partial charge in [0.05, 0.1) is 24.7 Å². The van der Waals surface area contributed by atoms with E-state index in [4.69, 9.17) is 4.74 Å². The molecule has 0 heterocycles. The fourth-order valence-electron chi connectivity index (χ4n) is 8.23. The first-order chi connectivity index (χ1) is 17.8. The Hall–Kier alpha value is -2.00. The zero-order valence-electron chi connectivity index (χ0n) is 22.9. The van der Waals surface area contributed by atoms with E-state index in [1.54, 1.807) is 13.0 Å². The van der Waals surface area contributed by atoms with Gasteiger partial charge in [0.25, 0.3) is 0 Å². The summed E-state index contributed by atoms with van der Waals surface area (Å²) in [5.41, 5.74) is -5.05. The number of hydrogen-bond donors (Lipinski definition) is 1. The lowest BCUT2D eigenvalue weighted by Crippen LogP contribution is -2.70. The second-order valence-electron chi connectivity index (χ2n) is 11.9. The highest BCUT2D eigenvalue weighted by molar-refractivity contribution is 8.00. The molecule has 4 rings (SSSR count). The molecule has 1 N–H and O–H groups in total. The zero-order chi connectivity index (χ0) is 28.1. The number of aliphatic hydroxyl groups is 1. The van der Waals surface area contributed by atoms with Gasteiger partial charge in [0.2, 0.25) is 0 Å². The molecule has 8 atom stereocenters. The van der Waals surface area contributed by atoms with Gasteiger partial charge >= 0.3 is 11.9 Å². The van der Waals surface area contributed by atoms with Crippen LogP contribution in [0.1, 0.15) is 66.2 Å². The van der Waals surface area contributed by atoms with Crippen LogP contribution in [0.3, 0.4) is 0 Å². The zero-order valence-corrected chi connectivity index (χ0v) is 23.7. The van der Waals surface area contributed by atoms with Crippen LogP contribution in [0.2, 0.25) is 0 Å². The van der Waals surface area contributed by atoms with E-state index < -0.39 is 52.0 Å². The summed E-state index contributed by atoms with van der Waals surface area (Å²) in [6.07, 6.45) is 5.06. The number of hydrogen-bond acceptors (Lipinski definition) is 8. The van der Waals surface area contributed by atoms with Crippen LogP contribution in [-0.2, 0) is 28.7 Å². The predicted octanol–water partition coefficient (Wildman–Crippen LogP) is 4.16. The molecule has 0 amide bonds. The second-order valence-corrected chi connectivity index (χ2v) is 12.8. The van der Waals surface area contributed by atoms with Gasteiger partial charge < -0.3 is 14.6 Å². The normalized spacial score (nSPS) is 41.4. The van der Waals surface area contributed by atoms with Crippen molar-refractivity contribution in [2.24, 2.45) is 28.6 Å². The smallest absolute Gasteiger partial charge is 0.315 e. The molecular formula is C29H39FO7S. The van der Waals surface area contributed by atoms with Crippen molar-refractivity contribution in [3.05, 3.63) is 23.8 Å². The SMILES string of the molecule is CCCC(=O)O[C@]1(C(=O)CSCC(=O)OC)[C@@H](C)C[C@H]2[C@@H]3CCC4=CC(=O)C=C[C@]4(C)[C@@]3(F)[C@@H](O)C[C@@]21C. The molecule has 0 radical (unpaired) electrons. The summed E-state index contributed by atoms with van der Waals surface area (Å²) >= 11 is 1.10. The first-order valence-corrected chi connectivity index (χ1v) is 14.7. The highest BCUT2D eigenvalue weighted by Crippen LogP contribution is 2.71. The summed E-state index contributed by atoms with van der Waals surface area (Å²) in [5.74, 6) is -2.89. The number of aliphatic hydroxyl groups excluding tert-OH is 1. The number of carbonyl (C=O) groups is 4. The summed E-state index contributed by atoms with van der Waals surface area (Å²) < 4.78 is 28.3. The van der Waals surface area contributed by atoms with Gasteiger partial charge in [-0.25, -0.2) is 4.39 Å². The van der Waals surface area contributed by atoms with Gasteiger partial charge in [0.1, 0.15) is 0 Å². The molecule has 9 heteroatoms. The van der Waals surface area contributed by atoms with E-state index in [0.29, 0.717) is 31.3 Å². The van der Waals surface area contributed by atoms with Gasteiger partial charge in [-0.3, -0.25) is 19.2 Å². The lowest BCUT2D eigenvalue weighted by Gasteiger charge is -2.62. The Morgan fingerprint density at radius 3 is 2.55 bits per heavy atom. The lowest BCUT2D eigenvalue weighted by molar-refractivity contribution is -0.227. The Balaban J connectivity index is 1.76. The molecule has 0 aromatic rings. The number of ketones is 2. The number of alkyl halides is 1. The number of esters is 2. The van der Waals surface area contributed by atoms with Gasteiger partial charge in [-0.15, -0.1) is 11.8 Å². The minimum atomic E-state index is -2.04. The number of fused-ring (bicyclic) bond motifs is 5. The summed E-state index contributed by atoms with van der Waals surface area (Å²) in [4.78, 5) is 50.7. The van der Waals surface area contributed by atoms with Crippen molar-refractivity contribution in [1.82, 2.24) is 0 Å². The van der Waals surface area contributed by atoms with Crippen LogP contribution in [0, 0.1) is 28.6 Å². The van der Waals surface area contributed by atoms with Gasteiger partial charge in [-0.1, -0.05) is 32.4 Å². The number of carbonyl (C=O) groups excluding carboxylic acids is 4. The van der Waals surface area contributed by atoms with E-state index in [-0.39, 0.29) is 41.8 Å². The van der Waals surface area contributed by atoms with Gasteiger partial charge in [-0.2, -0.15) is 0 Å². The third-order valence-electron chi connectivity index (χ3n) is 10.0. The average Bonchev–Trinajstić information content (AvgIpc) is 3.07. The van der Waals surface area contributed by atoms with Crippen LogP contribution >= 0.6 is 11.8 Å². The molecule has 3 saturated carbocycles. The minimum absolute atomic E-state index is 0.0207. The largest absolute Gasteiger partial charge is 0.468 e. The molecule has 0 saturated heterocycles. The molecule has 7 nitrogen and oxygen atoms in total. The molecule has 0 spiro atoms. The molecule has 4 aliphatic carbocycles. The van der Waals surface area contributed by atoms with E-state index in [9.17, 15) is 24.3 Å². The maximum atomic E-state index is 17.5. The number of ether oxygens (including phenoxy) is 2. The van der Waals surface area contributed by atoms with Crippen LogP contribution in [0.4, 0.5) is 4.39 Å². The highest BCUT2D eigenvalue weighted by atomic mass is 32.2. The summed E-state index contributed by atoms with van der Waals surface area (Å²) in [6.45, 7) is 7.33. The Morgan fingerprint density at radius 2 is 1.89 bits per heavy atom. The molecule has 38 heavy (non-hydrogen) atoms. The van der Waals surface area contributed by atoms with E-state index >= 15 is 4.39 Å². The number of rotatable bonds is 8. The Kier molecular flexibility index (Phi) is 7.78. The standard InChI is InChI=1S/C29H39FO7S/c1-6-7-24(34)37-29(23(33)15-38-16-25(35)36-5)17(2)12-21-20-9-8-18-13-19(31)10-11-26(18,3)28(20,30)22(32)14-27(21,29)4/h10-11,13,17,20-22,32H,6-9,12,14-16H2,1-5H3/t17-,20-,21-,22-,26-,27-,28-,29-/m0/s1. The fourth-order valence-corrected chi connectivity index (χ4v) is 9.01. The van der Waals surface area contributed by atoms with Crippen molar-refractivity contribution >= 4 is 35.3 Å². The minimum Gasteiger partial charge on any atom is -0.468 e. The van der Waals surface area contributed by atoms with Crippen molar-refractivity contribution in [2.75, 3.05) is 18.6 Å². The van der Waals surface area contributed by atoms with E-state index in [1.165, 1.54) is 19.3 Å². The molecule has 0 bridgehead atoms. The monoisotopic (exact) mass is 550 g/mol. The van der Waals surface area contributed by atoms with Gasteiger partial charge in [0.15, 0.2) is 22.8 Å². The maximum Gasteiger partial charge on any atom is 0.315 e. The van der Waals surface area contributed by atoms with Crippen LogP contribution in [0.25, 0.3) is 0 Å². The van der Waals surface area contributed by atoms with Crippen molar-refractivity contribution in [3.8, 4) is 0 Å². The molecule has 0 aliphatic heterocycles. The quantitative estimate of drug-likeness (QED) is 0.449. The molecule has 210 valence electrons. The lowest BCUT2D eigenvalue weighted by atomic mass is 9.44. The molecule has 0 aromatic carbocycles. The molecule has 0 unspecified atom stereocenters. The molecule has 0 aromatic heterocycles. The topological polar surface area (TPSA) is 107 Å². The van der Waals surface area contributed by atoms with Gasteiger partial charge in [0, 0.05) is 29.1 Å². The van der Waals surface area contributed by atoms with E-state index in [0.717, 1.165) is 11.8 Å². The number of methoxy groups -OCH3 is 1. The van der Waals surface area contributed by atoms with Crippen molar-refractivity contribution < 1.29 is 38.1 Å². The molecule has 3 fully saturated rings. The maximum absolute atomic E-state index is 17.5. The van der Waals surface area contributed by atoms with Crippen molar-refractivity contribution in [1.29, 1.82) is 0 Å². The summed E-state index contributed by atoms with van der Waals surface area (Å²) in [6, 6.07) is 0. The number of halogens is 1. The number of thioether (sulfide) groups is 1. The third-order valence-corrected chi connectivity index (χ3v) is 10.9. The molecular weight excluding hydrogens is 511 g/mol. The van der Waals surface area contributed by atoms with Crippen LogP contribution < -0.4 is 0 Å². The van der Waals surface area contributed by atoms with E-state index in [2.05, 4.69) is 4.74 Å². The van der Waals surface area contributed by atoms with Gasteiger partial charge in [-0.05, 0) is 57.1 Å². The predicted molar refractivity (Wildman–Crippen MR) is 141 cm³/mol. The van der Waals surface area contributed by atoms with E-state index in [1.807, 2.05) is 20.8 Å².